The minimum Gasteiger partial charge on any atom is -0.439 e. The summed E-state index contributed by atoms with van der Waals surface area (Å²) < 4.78 is 16.7. The van der Waals surface area contributed by atoms with Crippen molar-refractivity contribution in [1.82, 2.24) is 20.4 Å². The second kappa shape index (κ2) is 7.00. The fourth-order valence-electron chi connectivity index (χ4n) is 2.67. The van der Waals surface area contributed by atoms with Gasteiger partial charge in [0.1, 0.15) is 11.8 Å². The topological polar surface area (TPSA) is 82.3 Å². The third-order valence-corrected chi connectivity index (χ3v) is 3.98. The molecule has 3 aromatic rings. The number of nitrogens with zero attached hydrogens (tertiary/aromatic N) is 3. The van der Waals surface area contributed by atoms with Crippen molar-refractivity contribution in [3.05, 3.63) is 54.6 Å². The third kappa shape index (κ3) is 3.52. The first kappa shape index (κ1) is 15.7. The number of rotatable bonds is 4. The lowest BCUT2D eigenvalue weighted by Crippen LogP contribution is -2.40. The van der Waals surface area contributed by atoms with Gasteiger partial charge >= 0.3 is 0 Å². The number of nitrogens with one attached hydrogen (secondary N) is 1. The molecule has 0 spiro atoms. The van der Waals surface area contributed by atoms with Crippen LogP contribution in [0.4, 0.5) is 0 Å². The van der Waals surface area contributed by atoms with Crippen LogP contribution in [-0.4, -0.2) is 34.4 Å². The number of para-hydroxylation sites is 1. The Morgan fingerprint density at radius 2 is 2.04 bits per heavy atom. The molecule has 1 aromatic carbocycles. The van der Waals surface area contributed by atoms with Crippen molar-refractivity contribution < 1.29 is 14.0 Å². The fraction of sp³-hybridized carbons (Fsp3) is 0.278. The molecule has 0 amide bonds. The molecule has 0 unspecified atom stereocenters. The van der Waals surface area contributed by atoms with Crippen LogP contribution in [0.3, 0.4) is 0 Å². The summed E-state index contributed by atoms with van der Waals surface area (Å²) in [6.07, 6.45) is 1.66. The molecule has 25 heavy (non-hydrogen) atoms. The highest BCUT2D eigenvalue weighted by Gasteiger charge is 2.28. The SMILES string of the molecule is C[C@H]1OCCN[C@@H]1c1nc(-c2ccc(Oc3ccccc3)nc2)no1. The maximum Gasteiger partial charge on any atom is 0.246 e. The van der Waals surface area contributed by atoms with Crippen LogP contribution in [-0.2, 0) is 4.74 Å². The van der Waals surface area contributed by atoms with E-state index in [-0.39, 0.29) is 12.1 Å². The van der Waals surface area contributed by atoms with Gasteiger partial charge in [-0.1, -0.05) is 23.4 Å². The molecule has 1 aliphatic rings. The lowest BCUT2D eigenvalue weighted by molar-refractivity contribution is -0.00136. The molecule has 0 saturated carbocycles. The van der Waals surface area contributed by atoms with E-state index in [9.17, 15) is 0 Å². The van der Waals surface area contributed by atoms with Gasteiger partial charge in [-0.05, 0) is 25.1 Å². The molecule has 1 N–H and O–H groups in total. The predicted molar refractivity (Wildman–Crippen MR) is 90.2 cm³/mol. The molecule has 1 fully saturated rings. The van der Waals surface area contributed by atoms with Gasteiger partial charge in [-0.15, -0.1) is 0 Å². The summed E-state index contributed by atoms with van der Waals surface area (Å²) in [5.41, 5.74) is 0.764. The highest BCUT2D eigenvalue weighted by Crippen LogP contribution is 2.25. The molecule has 2 aromatic heterocycles. The van der Waals surface area contributed by atoms with E-state index in [1.54, 1.807) is 12.3 Å². The molecule has 0 aliphatic carbocycles. The Hall–Kier alpha value is -2.77. The summed E-state index contributed by atoms with van der Waals surface area (Å²) >= 11 is 0. The first-order valence-corrected chi connectivity index (χ1v) is 8.17. The Labute approximate surface area is 145 Å². The zero-order valence-corrected chi connectivity index (χ0v) is 13.8. The molecule has 7 heteroatoms. The van der Waals surface area contributed by atoms with Gasteiger partial charge in [0.25, 0.3) is 0 Å². The first-order valence-electron chi connectivity index (χ1n) is 8.17. The van der Waals surface area contributed by atoms with Crippen LogP contribution in [0.25, 0.3) is 11.4 Å². The van der Waals surface area contributed by atoms with E-state index in [0.29, 0.717) is 24.2 Å². The summed E-state index contributed by atoms with van der Waals surface area (Å²) in [5.74, 6) is 2.26. The Morgan fingerprint density at radius 1 is 1.16 bits per heavy atom. The third-order valence-electron chi connectivity index (χ3n) is 3.98. The normalized spacial score (nSPS) is 20.4. The van der Waals surface area contributed by atoms with Gasteiger partial charge in [-0.2, -0.15) is 4.98 Å². The number of pyridine rings is 1. The summed E-state index contributed by atoms with van der Waals surface area (Å²) in [6.45, 7) is 3.43. The summed E-state index contributed by atoms with van der Waals surface area (Å²) in [5, 5.41) is 7.38. The van der Waals surface area contributed by atoms with Gasteiger partial charge in [0.2, 0.25) is 17.6 Å². The average Bonchev–Trinajstić information content (AvgIpc) is 3.13. The van der Waals surface area contributed by atoms with Crippen molar-refractivity contribution in [2.24, 2.45) is 0 Å². The first-order chi connectivity index (χ1) is 12.3. The van der Waals surface area contributed by atoms with Gasteiger partial charge in [0.05, 0.1) is 12.7 Å². The van der Waals surface area contributed by atoms with E-state index in [1.807, 2.05) is 43.3 Å². The summed E-state index contributed by atoms with van der Waals surface area (Å²) in [4.78, 5) is 8.77. The summed E-state index contributed by atoms with van der Waals surface area (Å²) in [6, 6.07) is 13.1. The number of morpholine rings is 1. The van der Waals surface area contributed by atoms with Gasteiger partial charge in [0.15, 0.2) is 0 Å². The van der Waals surface area contributed by atoms with Crippen LogP contribution in [0.15, 0.2) is 53.2 Å². The van der Waals surface area contributed by atoms with Crippen LogP contribution >= 0.6 is 0 Å². The Balaban J connectivity index is 1.49. The number of ether oxygens (including phenoxy) is 2. The molecule has 4 rings (SSSR count). The highest BCUT2D eigenvalue weighted by molar-refractivity contribution is 5.53. The molecule has 128 valence electrons. The molecule has 0 bridgehead atoms. The molecule has 1 saturated heterocycles. The maximum absolute atomic E-state index is 5.68. The van der Waals surface area contributed by atoms with Crippen molar-refractivity contribution >= 4 is 0 Å². The van der Waals surface area contributed by atoms with Crippen molar-refractivity contribution in [2.75, 3.05) is 13.2 Å². The Bertz CT molecular complexity index is 820. The minimum atomic E-state index is -0.0938. The van der Waals surface area contributed by atoms with E-state index in [0.717, 1.165) is 17.9 Å². The maximum atomic E-state index is 5.68. The lowest BCUT2D eigenvalue weighted by Gasteiger charge is -2.27. The smallest absolute Gasteiger partial charge is 0.246 e. The van der Waals surface area contributed by atoms with Crippen LogP contribution in [0.1, 0.15) is 18.9 Å². The second-order valence-electron chi connectivity index (χ2n) is 5.76. The molecule has 7 nitrogen and oxygen atoms in total. The predicted octanol–water partition coefficient (Wildman–Crippen LogP) is 2.97. The average molecular weight is 338 g/mol. The van der Waals surface area contributed by atoms with E-state index in [1.165, 1.54) is 0 Å². The monoisotopic (exact) mass is 338 g/mol. The summed E-state index contributed by atoms with van der Waals surface area (Å²) in [7, 11) is 0. The van der Waals surface area contributed by atoms with E-state index in [2.05, 4.69) is 20.4 Å². The van der Waals surface area contributed by atoms with E-state index >= 15 is 0 Å². The Morgan fingerprint density at radius 3 is 2.80 bits per heavy atom. The van der Waals surface area contributed by atoms with Crippen molar-refractivity contribution in [3.8, 4) is 23.0 Å². The van der Waals surface area contributed by atoms with Crippen molar-refractivity contribution in [3.63, 3.8) is 0 Å². The van der Waals surface area contributed by atoms with E-state index in [4.69, 9.17) is 14.0 Å². The molecule has 3 heterocycles. The largest absolute Gasteiger partial charge is 0.439 e. The zero-order valence-electron chi connectivity index (χ0n) is 13.8. The van der Waals surface area contributed by atoms with Gasteiger partial charge in [-0.3, -0.25) is 0 Å². The quantitative estimate of drug-likeness (QED) is 0.783. The van der Waals surface area contributed by atoms with Gasteiger partial charge in [-0.25, -0.2) is 4.98 Å². The van der Waals surface area contributed by atoms with Gasteiger partial charge in [0, 0.05) is 24.4 Å². The second-order valence-corrected chi connectivity index (χ2v) is 5.76. The molecular weight excluding hydrogens is 320 g/mol. The standard InChI is InChI=1S/C18H18N4O3/c1-12-16(19-9-10-23-12)18-21-17(22-25-18)13-7-8-15(20-11-13)24-14-5-3-2-4-6-14/h2-8,11-12,16,19H,9-10H2,1H3/t12-,16+/m1/s1. The van der Waals surface area contributed by atoms with Gasteiger partial charge < -0.3 is 19.3 Å². The minimum absolute atomic E-state index is 0.0122. The molecule has 1 aliphatic heterocycles. The van der Waals surface area contributed by atoms with Crippen LogP contribution in [0.2, 0.25) is 0 Å². The number of hydrogen-bond acceptors (Lipinski definition) is 7. The van der Waals surface area contributed by atoms with Crippen LogP contribution in [0.5, 0.6) is 11.6 Å². The Kier molecular flexibility index (Phi) is 4.41. The van der Waals surface area contributed by atoms with Crippen LogP contribution < -0.4 is 10.1 Å². The zero-order chi connectivity index (χ0) is 17.1. The van der Waals surface area contributed by atoms with Crippen LogP contribution in [0, 0.1) is 0 Å². The number of benzene rings is 1. The van der Waals surface area contributed by atoms with E-state index < -0.39 is 0 Å². The van der Waals surface area contributed by atoms with Crippen molar-refractivity contribution in [1.29, 1.82) is 0 Å². The number of aromatic nitrogens is 3. The lowest BCUT2D eigenvalue weighted by atomic mass is 10.1. The highest BCUT2D eigenvalue weighted by atomic mass is 16.5. The number of hydrogen-bond donors (Lipinski definition) is 1. The molecule has 2 atom stereocenters. The fourth-order valence-corrected chi connectivity index (χ4v) is 2.67. The molecule has 0 radical (unpaired) electrons. The molecular formula is C18H18N4O3. The van der Waals surface area contributed by atoms with Crippen molar-refractivity contribution in [2.45, 2.75) is 19.1 Å².